The number of amides is 2. The quantitative estimate of drug-likeness (QED) is 0.340. The van der Waals surface area contributed by atoms with E-state index in [4.69, 9.17) is 21.1 Å². The Labute approximate surface area is 278 Å². The van der Waals surface area contributed by atoms with E-state index in [1.54, 1.807) is 26.0 Å². The third kappa shape index (κ3) is 11.2. The number of carbonyl (C=O) groups is 4. The van der Waals surface area contributed by atoms with Crippen LogP contribution in [0.15, 0.2) is 60.7 Å². The number of hydrogen-bond donors (Lipinski definition) is 2. The van der Waals surface area contributed by atoms with Gasteiger partial charge in [-0.2, -0.15) is 0 Å². The van der Waals surface area contributed by atoms with Crippen LogP contribution in [-0.2, 0) is 35.1 Å². The number of rotatable bonds is 7. The average Bonchev–Trinajstić information content (AvgIpc) is 2.99. The molecule has 2 aromatic carbocycles. The van der Waals surface area contributed by atoms with Gasteiger partial charge in [-0.05, 0) is 68.9 Å². The molecule has 0 fully saturated rings. The number of hydrogen-bond acceptors (Lipinski definition) is 6. The smallest absolute Gasteiger partial charge is 0.347 e. The molecule has 8 nitrogen and oxygen atoms in total. The largest absolute Gasteiger partial charge is 0.459 e. The molecule has 0 spiro atoms. The lowest BCUT2D eigenvalue weighted by Crippen LogP contribution is -2.51. The molecule has 2 amide bonds. The van der Waals surface area contributed by atoms with Gasteiger partial charge in [0.2, 0.25) is 11.8 Å². The van der Waals surface area contributed by atoms with E-state index in [0.717, 1.165) is 22.3 Å². The van der Waals surface area contributed by atoms with Crippen LogP contribution in [0, 0.1) is 31.1 Å². The zero-order valence-corrected chi connectivity index (χ0v) is 28.6. The van der Waals surface area contributed by atoms with E-state index in [0.29, 0.717) is 5.02 Å². The van der Waals surface area contributed by atoms with Crippen molar-refractivity contribution >= 4 is 41.4 Å². The summed E-state index contributed by atoms with van der Waals surface area (Å²) in [5.41, 5.74) is 2.64. The van der Waals surface area contributed by atoms with Gasteiger partial charge in [-0.15, -0.1) is 0 Å². The molecule has 2 N–H and O–H groups in total. The summed E-state index contributed by atoms with van der Waals surface area (Å²) in [7, 11) is 0. The number of esters is 2. The van der Waals surface area contributed by atoms with Crippen LogP contribution in [0.25, 0.3) is 6.08 Å². The zero-order valence-electron chi connectivity index (χ0n) is 27.9. The molecule has 1 aliphatic heterocycles. The van der Waals surface area contributed by atoms with Crippen LogP contribution in [-0.4, -0.2) is 48.5 Å². The predicted octanol–water partition coefficient (Wildman–Crippen LogP) is 6.31. The second kappa shape index (κ2) is 16.6. The van der Waals surface area contributed by atoms with E-state index >= 15 is 0 Å². The summed E-state index contributed by atoms with van der Waals surface area (Å²) in [5, 5.41) is 6.13. The van der Waals surface area contributed by atoms with Crippen molar-refractivity contribution in [2.45, 2.75) is 86.0 Å². The molecule has 0 saturated heterocycles. The van der Waals surface area contributed by atoms with Crippen molar-refractivity contribution in [1.82, 2.24) is 10.6 Å². The maximum absolute atomic E-state index is 13.5. The van der Waals surface area contributed by atoms with E-state index in [1.807, 2.05) is 83.2 Å². The first kappa shape index (κ1) is 36.6. The Hall–Kier alpha value is -3.91. The highest BCUT2D eigenvalue weighted by Crippen LogP contribution is 2.24. The monoisotopic (exact) mass is 650 g/mol. The zero-order chi connectivity index (χ0) is 34.0. The predicted molar refractivity (Wildman–Crippen MR) is 181 cm³/mol. The number of carbonyl (C=O) groups excluding carboxylic acids is 4. The Balaban J connectivity index is 1.93. The van der Waals surface area contributed by atoms with Crippen LogP contribution in [0.4, 0.5) is 0 Å². The van der Waals surface area contributed by atoms with Gasteiger partial charge < -0.3 is 20.1 Å². The van der Waals surface area contributed by atoms with Gasteiger partial charge >= 0.3 is 11.9 Å². The van der Waals surface area contributed by atoms with Crippen molar-refractivity contribution in [3.05, 3.63) is 88.0 Å². The Bertz CT molecular complexity index is 1450. The molecule has 4 atom stereocenters. The topological polar surface area (TPSA) is 111 Å². The summed E-state index contributed by atoms with van der Waals surface area (Å²) >= 11 is 6.32. The SMILES string of the molecule is Cc1ccc(/C=C/C(C)C2C/C=C/C(=O)NC(Cc3ccc(C)c(Cl)c3)C(=O)NCC(C)(C)C(=O)OC(CC(C)C)C(=O)O2)cc1. The van der Waals surface area contributed by atoms with Crippen LogP contribution in [0.5, 0.6) is 0 Å². The second-order valence-corrected chi connectivity index (χ2v) is 13.6. The molecule has 0 aliphatic carbocycles. The number of halogens is 1. The molecular weight excluding hydrogens is 604 g/mol. The first-order chi connectivity index (χ1) is 21.6. The van der Waals surface area contributed by atoms with Crippen molar-refractivity contribution in [2.75, 3.05) is 6.54 Å². The molecule has 0 aromatic heterocycles. The van der Waals surface area contributed by atoms with Crippen LogP contribution >= 0.6 is 11.6 Å². The molecule has 248 valence electrons. The molecule has 1 aliphatic rings. The Morgan fingerprint density at radius 1 is 1.00 bits per heavy atom. The van der Waals surface area contributed by atoms with E-state index in [9.17, 15) is 19.2 Å². The van der Waals surface area contributed by atoms with Gasteiger partial charge in [0.1, 0.15) is 12.1 Å². The van der Waals surface area contributed by atoms with Gasteiger partial charge in [-0.3, -0.25) is 14.4 Å². The van der Waals surface area contributed by atoms with Gasteiger partial charge in [-0.25, -0.2) is 4.79 Å². The standard InChI is InChI=1S/C37H47ClN2O6/c1-23(2)19-32-35(43)45-31(26(5)14-17-27-15-11-24(3)12-16-27)9-8-10-33(41)40-30(21-28-18-13-25(4)29(38)20-28)34(42)39-22-37(6,7)36(44)46-32/h8,10-18,20,23,26,30-32H,9,19,21-22H2,1-7H3,(H,39,42)(H,40,41)/b10-8+,17-14+. The molecule has 3 rings (SSSR count). The van der Waals surface area contributed by atoms with Crippen molar-refractivity contribution in [3.63, 3.8) is 0 Å². The highest BCUT2D eigenvalue weighted by atomic mass is 35.5. The lowest BCUT2D eigenvalue weighted by Gasteiger charge is -2.29. The molecule has 46 heavy (non-hydrogen) atoms. The first-order valence-corrected chi connectivity index (χ1v) is 16.2. The Kier molecular flexibility index (Phi) is 13.2. The summed E-state index contributed by atoms with van der Waals surface area (Å²) in [5.74, 6) is -2.43. The maximum atomic E-state index is 13.5. The minimum atomic E-state index is -1.17. The lowest BCUT2D eigenvalue weighted by molar-refractivity contribution is -0.178. The summed E-state index contributed by atoms with van der Waals surface area (Å²) in [4.78, 5) is 53.3. The van der Waals surface area contributed by atoms with Gasteiger partial charge in [0.05, 0.1) is 5.41 Å². The van der Waals surface area contributed by atoms with E-state index in [-0.39, 0.29) is 37.6 Å². The number of benzene rings is 2. The summed E-state index contributed by atoms with van der Waals surface area (Å²) in [6.45, 7) is 12.9. The molecule has 2 aromatic rings. The van der Waals surface area contributed by atoms with Crippen molar-refractivity contribution in [3.8, 4) is 0 Å². The van der Waals surface area contributed by atoms with Crippen LogP contribution < -0.4 is 10.6 Å². The van der Waals surface area contributed by atoms with Crippen molar-refractivity contribution < 1.29 is 28.7 Å². The Morgan fingerprint density at radius 3 is 2.35 bits per heavy atom. The van der Waals surface area contributed by atoms with Crippen LogP contribution in [0.3, 0.4) is 0 Å². The number of ether oxygens (including phenoxy) is 2. The fourth-order valence-electron chi connectivity index (χ4n) is 4.81. The highest BCUT2D eigenvalue weighted by Gasteiger charge is 2.37. The Morgan fingerprint density at radius 2 is 1.70 bits per heavy atom. The number of aryl methyl sites for hydroxylation is 2. The summed E-state index contributed by atoms with van der Waals surface area (Å²) in [6.07, 6.45) is 5.79. The summed E-state index contributed by atoms with van der Waals surface area (Å²) in [6, 6.07) is 12.6. The third-order valence-corrected chi connectivity index (χ3v) is 8.33. The van der Waals surface area contributed by atoms with Gasteiger partial charge in [-0.1, -0.05) is 92.6 Å². The highest BCUT2D eigenvalue weighted by molar-refractivity contribution is 6.31. The van der Waals surface area contributed by atoms with Crippen molar-refractivity contribution in [2.24, 2.45) is 17.3 Å². The van der Waals surface area contributed by atoms with E-state index in [1.165, 1.54) is 6.08 Å². The first-order valence-electron chi connectivity index (χ1n) is 15.8. The maximum Gasteiger partial charge on any atom is 0.347 e. The fourth-order valence-corrected chi connectivity index (χ4v) is 5.01. The third-order valence-electron chi connectivity index (χ3n) is 7.93. The fraction of sp³-hybridized carbons (Fsp3) is 0.459. The molecule has 1 heterocycles. The number of cyclic esters (lactones) is 2. The minimum absolute atomic E-state index is 0.0377. The molecule has 0 radical (unpaired) electrons. The molecule has 9 heteroatoms. The van der Waals surface area contributed by atoms with Crippen molar-refractivity contribution in [1.29, 1.82) is 0 Å². The number of nitrogens with one attached hydrogen (secondary N) is 2. The lowest BCUT2D eigenvalue weighted by atomic mass is 9.93. The van der Waals surface area contributed by atoms with Gasteiger partial charge in [0.15, 0.2) is 6.10 Å². The van der Waals surface area contributed by atoms with Gasteiger partial charge in [0, 0.05) is 30.3 Å². The summed E-state index contributed by atoms with van der Waals surface area (Å²) < 4.78 is 11.8. The van der Waals surface area contributed by atoms with E-state index in [2.05, 4.69) is 10.6 Å². The minimum Gasteiger partial charge on any atom is -0.459 e. The molecule has 0 bridgehead atoms. The molecule has 4 unspecified atom stereocenters. The van der Waals surface area contributed by atoms with Crippen LogP contribution in [0.2, 0.25) is 5.02 Å². The molecular formula is C37H47ClN2O6. The second-order valence-electron chi connectivity index (χ2n) is 13.2. The van der Waals surface area contributed by atoms with E-state index < -0.39 is 47.4 Å². The average molecular weight is 651 g/mol. The van der Waals surface area contributed by atoms with Crippen LogP contribution in [0.1, 0.15) is 69.7 Å². The normalized spacial score (nSPS) is 22.9. The van der Waals surface area contributed by atoms with Gasteiger partial charge in [0.25, 0.3) is 0 Å². The molecule has 0 saturated carbocycles.